The van der Waals surface area contributed by atoms with E-state index in [1.54, 1.807) is 0 Å². The topological polar surface area (TPSA) is 17.1 Å². The fourth-order valence-electron chi connectivity index (χ4n) is 2.22. The fourth-order valence-corrected chi connectivity index (χ4v) is 2.22. The predicted octanol–water partition coefficient (Wildman–Crippen LogP) is 4.41. The monoisotopic (exact) mass is 255 g/mol. The summed E-state index contributed by atoms with van der Waals surface area (Å²) in [4.78, 5) is 9.44. The molecule has 2 aromatic rings. The van der Waals surface area contributed by atoms with E-state index >= 15 is 0 Å². The summed E-state index contributed by atoms with van der Waals surface area (Å²) < 4.78 is 5.75. The molecule has 0 N–H and O–H groups in total. The van der Waals surface area contributed by atoms with Crippen LogP contribution in [0.5, 0.6) is 0 Å². The lowest BCUT2D eigenvalue weighted by Crippen LogP contribution is -2.06. The predicted molar refractivity (Wildman–Crippen MR) is 81.6 cm³/mol. The van der Waals surface area contributed by atoms with E-state index < -0.39 is 0 Å². The van der Waals surface area contributed by atoms with E-state index in [0.717, 1.165) is 12.8 Å². The van der Waals surface area contributed by atoms with Crippen LogP contribution < -0.4 is 0 Å². The maximum absolute atomic E-state index is 9.44. The summed E-state index contributed by atoms with van der Waals surface area (Å²) in [6.45, 7) is 3.06. The van der Waals surface area contributed by atoms with Crippen LogP contribution >= 0.6 is 0 Å². The SMILES string of the molecule is CC(C)=O.[2H]C.c1ccc2c(c1)Cc1ccccc1C2. The maximum Gasteiger partial charge on any atom is 0.126 e. The minimum atomic E-state index is 0.167. The van der Waals surface area contributed by atoms with Gasteiger partial charge < -0.3 is 4.79 Å². The number of carbonyl (C=O) groups excluding carboxylic acids is 1. The molecule has 1 nitrogen and oxygen atoms in total. The molecule has 0 atom stereocenters. The zero-order chi connectivity index (χ0) is 15.0. The van der Waals surface area contributed by atoms with Crippen molar-refractivity contribution < 1.29 is 6.17 Å². The van der Waals surface area contributed by atoms with Gasteiger partial charge in [-0.05, 0) is 48.9 Å². The van der Waals surface area contributed by atoms with Gasteiger partial charge in [-0.1, -0.05) is 55.9 Å². The molecule has 0 saturated heterocycles. The van der Waals surface area contributed by atoms with Crippen LogP contribution in [-0.4, -0.2) is 5.78 Å². The van der Waals surface area contributed by atoms with E-state index in [-0.39, 0.29) is 5.78 Å². The quantitative estimate of drug-likeness (QED) is 0.581. The lowest BCUT2D eigenvalue weighted by Gasteiger charge is -2.18. The van der Waals surface area contributed by atoms with Gasteiger partial charge in [0.25, 0.3) is 0 Å². The number of Topliss-reactive ketones (excluding diaryl/α,β-unsaturated/α-hetero) is 1. The van der Waals surface area contributed by atoms with E-state index in [4.69, 9.17) is 1.37 Å². The van der Waals surface area contributed by atoms with Crippen LogP contribution in [0.15, 0.2) is 48.5 Å². The van der Waals surface area contributed by atoms with E-state index in [2.05, 4.69) is 48.5 Å². The highest BCUT2D eigenvalue weighted by atomic mass is 16.1. The second-order valence-electron chi connectivity index (χ2n) is 4.80. The summed E-state index contributed by atoms with van der Waals surface area (Å²) >= 11 is 0. The molecule has 0 fully saturated rings. The Morgan fingerprint density at radius 3 is 1.26 bits per heavy atom. The Hall–Kier alpha value is -1.89. The van der Waals surface area contributed by atoms with Crippen molar-refractivity contribution in [3.63, 3.8) is 0 Å². The summed E-state index contributed by atoms with van der Waals surface area (Å²) in [6, 6.07) is 17.5. The van der Waals surface area contributed by atoms with Gasteiger partial charge in [0.05, 0.1) is 0 Å². The first kappa shape index (κ1) is 13.5. The Morgan fingerprint density at radius 1 is 0.842 bits per heavy atom. The van der Waals surface area contributed by atoms with Crippen LogP contribution in [0.4, 0.5) is 0 Å². The second-order valence-corrected chi connectivity index (χ2v) is 4.80. The Balaban J connectivity index is 0.000000291. The molecular weight excluding hydrogens is 232 g/mol. The van der Waals surface area contributed by atoms with Gasteiger partial charge in [-0.3, -0.25) is 0 Å². The molecule has 0 aliphatic heterocycles. The highest BCUT2D eigenvalue weighted by molar-refractivity contribution is 5.72. The molecule has 0 spiro atoms. The number of carbonyl (C=O) groups is 1. The molecule has 0 unspecified atom stereocenters. The third-order valence-electron chi connectivity index (χ3n) is 3.00. The lowest BCUT2D eigenvalue weighted by molar-refractivity contribution is -0.114. The van der Waals surface area contributed by atoms with Crippen LogP contribution in [-0.2, 0) is 17.6 Å². The molecular formula is C18H22O. The number of hydrogen-bond acceptors (Lipinski definition) is 1. The number of fused-ring (bicyclic) bond motifs is 2. The Labute approximate surface area is 117 Å². The van der Waals surface area contributed by atoms with Gasteiger partial charge >= 0.3 is 0 Å². The molecule has 0 saturated carbocycles. The molecule has 0 aromatic heterocycles. The Bertz CT molecular complexity index is 469. The molecule has 1 heteroatoms. The minimum Gasteiger partial charge on any atom is -0.300 e. The summed E-state index contributed by atoms with van der Waals surface area (Å²) in [6.07, 6.45) is 2.21. The Morgan fingerprint density at radius 2 is 1.05 bits per heavy atom. The van der Waals surface area contributed by atoms with Crippen molar-refractivity contribution in [1.29, 1.82) is 0 Å². The zero-order valence-corrected chi connectivity index (χ0v) is 11.9. The molecule has 0 radical (unpaired) electrons. The van der Waals surface area contributed by atoms with Gasteiger partial charge in [-0.2, -0.15) is 0 Å². The maximum atomic E-state index is 9.44. The van der Waals surface area contributed by atoms with Crippen LogP contribution in [0.25, 0.3) is 0 Å². The molecule has 0 bridgehead atoms. The first-order valence-corrected chi connectivity index (χ1v) is 6.27. The van der Waals surface area contributed by atoms with Crippen molar-refractivity contribution in [2.75, 3.05) is 0 Å². The Kier molecular flexibility index (Phi) is 4.91. The standard InChI is InChI=1S/C14H12.C3H6O.CH4/c1-2-6-12-10-14-8-4-3-7-13(14)9-11(12)5-1;1-3(2)4;/h1-8H,9-10H2;1-2H3;1H4/i;;1D. The van der Waals surface area contributed by atoms with Crippen molar-refractivity contribution >= 4 is 5.78 Å². The van der Waals surface area contributed by atoms with Gasteiger partial charge in [-0.15, -0.1) is 0 Å². The van der Waals surface area contributed by atoms with Crippen LogP contribution in [0.3, 0.4) is 0 Å². The van der Waals surface area contributed by atoms with E-state index in [1.807, 2.05) is 0 Å². The average molecular weight is 255 g/mol. The van der Waals surface area contributed by atoms with Gasteiger partial charge in [0.2, 0.25) is 0 Å². The van der Waals surface area contributed by atoms with Crippen molar-refractivity contribution in [1.82, 2.24) is 0 Å². The summed E-state index contributed by atoms with van der Waals surface area (Å²) in [5, 5.41) is 0. The molecule has 3 rings (SSSR count). The molecule has 2 aromatic carbocycles. The highest BCUT2D eigenvalue weighted by Gasteiger charge is 2.12. The smallest absolute Gasteiger partial charge is 0.126 e. The normalized spacial score (nSPS) is 11.4. The van der Waals surface area contributed by atoms with Crippen molar-refractivity contribution in [2.24, 2.45) is 0 Å². The average Bonchev–Trinajstić information content (AvgIpc) is 2.46. The minimum absolute atomic E-state index is 0.167. The summed E-state index contributed by atoms with van der Waals surface area (Å²) in [5.74, 6) is 0.167. The summed E-state index contributed by atoms with van der Waals surface area (Å²) in [7, 11) is 1.25. The first-order chi connectivity index (χ1) is 9.66. The third-order valence-corrected chi connectivity index (χ3v) is 3.00. The van der Waals surface area contributed by atoms with Crippen LogP contribution in [0.2, 0.25) is 0 Å². The fraction of sp³-hybridized carbons (Fsp3) is 0.278. The lowest BCUT2D eigenvalue weighted by atomic mass is 9.86. The summed E-state index contributed by atoms with van der Waals surface area (Å²) in [5.41, 5.74) is 5.97. The van der Waals surface area contributed by atoms with Gasteiger partial charge in [-0.25, -0.2) is 0 Å². The van der Waals surface area contributed by atoms with Gasteiger partial charge in [0.15, 0.2) is 0 Å². The molecule has 0 heterocycles. The molecule has 100 valence electrons. The number of hydrogen-bond donors (Lipinski definition) is 0. The number of benzene rings is 2. The van der Waals surface area contributed by atoms with Crippen molar-refractivity contribution in [2.45, 2.75) is 34.1 Å². The molecule has 1 aliphatic carbocycles. The second kappa shape index (κ2) is 6.89. The zero-order valence-electron chi connectivity index (χ0n) is 12.9. The van der Waals surface area contributed by atoms with Gasteiger partial charge in [0, 0.05) is 1.37 Å². The van der Waals surface area contributed by atoms with Crippen LogP contribution in [0, 0.1) is 0 Å². The highest BCUT2D eigenvalue weighted by Crippen LogP contribution is 2.26. The molecule has 19 heavy (non-hydrogen) atoms. The number of ketones is 1. The number of rotatable bonds is 0. The van der Waals surface area contributed by atoms with E-state index in [9.17, 15) is 4.79 Å². The third kappa shape index (κ3) is 4.06. The largest absolute Gasteiger partial charge is 0.300 e. The van der Waals surface area contributed by atoms with E-state index in [0.29, 0.717) is 0 Å². The van der Waals surface area contributed by atoms with Crippen molar-refractivity contribution in [3.8, 4) is 0 Å². The molecule has 0 amide bonds. The van der Waals surface area contributed by atoms with Crippen molar-refractivity contribution in [3.05, 3.63) is 70.8 Å². The first-order valence-electron chi connectivity index (χ1n) is 7.27. The van der Waals surface area contributed by atoms with Crippen LogP contribution in [0.1, 0.15) is 44.9 Å². The van der Waals surface area contributed by atoms with E-state index in [1.165, 1.54) is 43.5 Å². The van der Waals surface area contributed by atoms with Gasteiger partial charge in [0.1, 0.15) is 5.78 Å². The molecule has 1 aliphatic rings.